The van der Waals surface area contributed by atoms with E-state index in [-0.39, 0.29) is 0 Å². The molecule has 6 heterocycles. The van der Waals surface area contributed by atoms with Gasteiger partial charge in [0.1, 0.15) is 0 Å². The maximum atomic E-state index is 5.88. The molecule has 6 aliphatic carbocycles. The summed E-state index contributed by atoms with van der Waals surface area (Å²) in [6, 6.07) is 2.03. The van der Waals surface area contributed by atoms with Crippen LogP contribution in [0.25, 0.3) is 0 Å². The lowest BCUT2D eigenvalue weighted by Crippen LogP contribution is -2.51. The van der Waals surface area contributed by atoms with Crippen molar-refractivity contribution in [3.8, 4) is 0 Å². The van der Waals surface area contributed by atoms with E-state index in [0.29, 0.717) is 45.8 Å². The molecule has 10 heteroatoms. The summed E-state index contributed by atoms with van der Waals surface area (Å²) in [5.74, 6) is 2.05. The van der Waals surface area contributed by atoms with Crippen LogP contribution in [-0.2, 0) is 0 Å². The Morgan fingerprint density at radius 2 is 0.500 bits per heavy atom. The fraction of sp³-hybridized carbons (Fsp3) is 1.00. The van der Waals surface area contributed by atoms with Crippen LogP contribution in [0.4, 0.5) is 0 Å². The van der Waals surface area contributed by atoms with Crippen molar-refractivity contribution in [1.82, 2.24) is 31.9 Å². The molecule has 324 valence electrons. The maximum absolute atomic E-state index is 5.88. The van der Waals surface area contributed by atoms with Gasteiger partial charge in [0.25, 0.3) is 0 Å². The lowest BCUT2D eigenvalue weighted by molar-refractivity contribution is 0.0101. The fourth-order valence-electron chi connectivity index (χ4n) is 13.1. The zero-order valence-electron chi connectivity index (χ0n) is 36.4. The maximum Gasteiger partial charge on any atom is 0.0108 e. The average Bonchev–Trinajstić information content (AvgIpc) is 4.10. The van der Waals surface area contributed by atoms with Crippen LogP contribution in [0.2, 0.25) is 0 Å². The second-order valence-corrected chi connectivity index (χ2v) is 21.8. The molecule has 6 aliphatic heterocycles. The molecule has 12 fully saturated rings. The van der Waals surface area contributed by atoms with Gasteiger partial charge in [0.05, 0.1) is 0 Å². The van der Waals surface area contributed by atoms with E-state index in [9.17, 15) is 0 Å². The second kappa shape index (κ2) is 18.7. The molecule has 0 amide bonds. The van der Waals surface area contributed by atoms with E-state index >= 15 is 0 Å². The van der Waals surface area contributed by atoms with Crippen molar-refractivity contribution < 1.29 is 0 Å². The van der Waals surface area contributed by atoms with Crippen LogP contribution >= 0.6 is 0 Å². The van der Waals surface area contributed by atoms with Gasteiger partial charge in [-0.05, 0) is 225 Å². The Balaban J connectivity index is 0.000000103. The first-order valence-corrected chi connectivity index (χ1v) is 24.3. The Hall–Kier alpha value is -0.400. The molecule has 0 aromatic heterocycles. The molecular weight excluding hydrogens is 693 g/mol. The zero-order chi connectivity index (χ0) is 39.3. The molecule has 0 bridgehead atoms. The Labute approximate surface area is 343 Å². The first-order valence-electron chi connectivity index (χ1n) is 24.3. The third-order valence-electron chi connectivity index (χ3n) is 19.5. The second-order valence-electron chi connectivity index (χ2n) is 21.8. The summed E-state index contributed by atoms with van der Waals surface area (Å²) in [7, 11) is 0. The van der Waals surface area contributed by atoms with Gasteiger partial charge >= 0.3 is 0 Å². The molecule has 0 aromatic carbocycles. The Bertz CT molecular complexity index is 1040. The smallest absolute Gasteiger partial charge is 0.0108 e. The minimum atomic E-state index is 0.507. The van der Waals surface area contributed by atoms with E-state index in [1.165, 1.54) is 207 Å². The third kappa shape index (κ3) is 9.11. The summed E-state index contributed by atoms with van der Waals surface area (Å²) in [5, 5.41) is 20.3. The van der Waals surface area contributed by atoms with Gasteiger partial charge in [-0.2, -0.15) is 0 Å². The van der Waals surface area contributed by atoms with E-state index in [1.54, 1.807) is 0 Å². The normalized spacial score (nSPS) is 45.3. The van der Waals surface area contributed by atoms with Crippen molar-refractivity contribution in [2.75, 3.05) is 78.5 Å². The summed E-state index contributed by atoms with van der Waals surface area (Å²) < 4.78 is 0. The molecule has 56 heavy (non-hydrogen) atoms. The molecule has 10 atom stereocenters. The summed E-state index contributed by atoms with van der Waals surface area (Å²) in [5.41, 5.74) is 27.3. The van der Waals surface area contributed by atoms with Gasteiger partial charge in [0.15, 0.2) is 0 Å². The van der Waals surface area contributed by atoms with Gasteiger partial charge < -0.3 is 54.8 Å². The SMILES string of the molecule is CC1CCC12CCNCC2.C[C@H]1CCC12CCNCC2.N[C@@H]1CC[C@@]12CCNC2.N[C@@H]1CC[C@]12CCNC2.N[C@H]1CC[C@@]12CCNC2.N[C@H]1CC[C@]12CCNC2. The minimum absolute atomic E-state index is 0.507. The van der Waals surface area contributed by atoms with Crippen molar-refractivity contribution in [2.45, 2.75) is 166 Å². The molecule has 6 spiro atoms. The monoisotopic (exact) mass is 783 g/mol. The Morgan fingerprint density at radius 1 is 0.286 bits per heavy atom. The van der Waals surface area contributed by atoms with Gasteiger partial charge in [0.2, 0.25) is 0 Å². The molecule has 6 saturated carbocycles. The molecular formula is C46H90N10. The molecule has 10 nitrogen and oxygen atoms in total. The molecule has 0 aromatic rings. The van der Waals surface area contributed by atoms with Crippen LogP contribution in [0.5, 0.6) is 0 Å². The van der Waals surface area contributed by atoms with Crippen molar-refractivity contribution in [2.24, 2.45) is 67.3 Å². The number of nitrogens with one attached hydrogen (secondary N) is 6. The highest BCUT2D eigenvalue weighted by Crippen LogP contribution is 2.53. The quantitative estimate of drug-likeness (QED) is 0.174. The predicted molar refractivity (Wildman–Crippen MR) is 234 cm³/mol. The van der Waals surface area contributed by atoms with Crippen molar-refractivity contribution in [3.63, 3.8) is 0 Å². The fourth-order valence-corrected chi connectivity index (χ4v) is 13.1. The number of hydrogen-bond donors (Lipinski definition) is 10. The number of hydrogen-bond acceptors (Lipinski definition) is 10. The minimum Gasteiger partial charge on any atom is -0.327 e. The van der Waals surface area contributed by atoms with E-state index in [0.717, 1.165) is 22.7 Å². The first kappa shape index (κ1) is 43.7. The molecule has 12 aliphatic rings. The van der Waals surface area contributed by atoms with Crippen LogP contribution in [0.1, 0.15) is 142 Å². The molecule has 14 N–H and O–H groups in total. The van der Waals surface area contributed by atoms with Crippen molar-refractivity contribution in [3.05, 3.63) is 0 Å². The van der Waals surface area contributed by atoms with E-state index < -0.39 is 0 Å². The van der Waals surface area contributed by atoms with Crippen LogP contribution < -0.4 is 54.8 Å². The number of piperidine rings is 2. The van der Waals surface area contributed by atoms with Gasteiger partial charge in [-0.15, -0.1) is 0 Å². The lowest BCUT2D eigenvalue weighted by Gasteiger charge is -2.51. The van der Waals surface area contributed by atoms with Crippen LogP contribution in [0.3, 0.4) is 0 Å². The Kier molecular flexibility index (Phi) is 14.6. The van der Waals surface area contributed by atoms with Crippen LogP contribution in [-0.4, -0.2) is 103 Å². The lowest BCUT2D eigenvalue weighted by atomic mass is 9.56. The van der Waals surface area contributed by atoms with Crippen LogP contribution in [0, 0.1) is 44.3 Å². The van der Waals surface area contributed by atoms with Crippen molar-refractivity contribution >= 4 is 0 Å². The largest absolute Gasteiger partial charge is 0.327 e. The molecule has 1 unspecified atom stereocenters. The summed E-state index contributed by atoms with van der Waals surface area (Å²) in [6.07, 6.45) is 27.5. The summed E-state index contributed by atoms with van der Waals surface area (Å²) >= 11 is 0. The molecule has 0 radical (unpaired) electrons. The zero-order valence-corrected chi connectivity index (χ0v) is 36.4. The highest BCUT2D eigenvalue weighted by molar-refractivity contribution is 5.06. The van der Waals surface area contributed by atoms with E-state index in [2.05, 4.69) is 45.7 Å². The number of nitrogens with two attached hydrogens (primary N) is 4. The highest BCUT2D eigenvalue weighted by Gasteiger charge is 2.49. The van der Waals surface area contributed by atoms with Crippen molar-refractivity contribution in [1.29, 1.82) is 0 Å². The van der Waals surface area contributed by atoms with Crippen LogP contribution in [0.15, 0.2) is 0 Å². The van der Waals surface area contributed by atoms with Gasteiger partial charge in [-0.25, -0.2) is 0 Å². The Morgan fingerprint density at radius 3 is 0.589 bits per heavy atom. The number of rotatable bonds is 0. The molecule has 12 rings (SSSR count). The first-order chi connectivity index (χ1) is 27.0. The summed E-state index contributed by atoms with van der Waals surface area (Å²) in [6.45, 7) is 19.4. The summed E-state index contributed by atoms with van der Waals surface area (Å²) in [4.78, 5) is 0. The van der Waals surface area contributed by atoms with E-state index in [4.69, 9.17) is 22.9 Å². The predicted octanol–water partition coefficient (Wildman–Crippen LogP) is 3.92. The van der Waals surface area contributed by atoms with Gasteiger partial charge in [-0.3, -0.25) is 0 Å². The third-order valence-corrected chi connectivity index (χ3v) is 19.5. The molecule has 6 saturated heterocycles. The topological polar surface area (TPSA) is 176 Å². The average molecular weight is 783 g/mol. The van der Waals surface area contributed by atoms with Gasteiger partial charge in [0, 0.05) is 50.3 Å². The highest BCUT2D eigenvalue weighted by atomic mass is 15.0. The van der Waals surface area contributed by atoms with E-state index in [1.807, 2.05) is 0 Å². The van der Waals surface area contributed by atoms with Gasteiger partial charge in [-0.1, -0.05) is 13.8 Å². The standard InChI is InChI=1S/2C9H17N.4C7H14N2/c2*1-8-2-3-9(8)4-6-10-7-5-9;4*8-6-1-2-7(6)3-4-9-5-7/h2*8,10H,2-7H2,1H3;4*6,9H,1-5,8H2/t8-;;2*6-,7+;2*6-,7-/m0.1010/s1.